The summed E-state index contributed by atoms with van der Waals surface area (Å²) in [6, 6.07) is 12.6. The average Bonchev–Trinajstić information content (AvgIpc) is 2.90. The molecule has 5 heteroatoms. The van der Waals surface area contributed by atoms with Gasteiger partial charge in [0.15, 0.2) is 0 Å². The van der Waals surface area contributed by atoms with Crippen molar-refractivity contribution in [2.45, 2.75) is 25.2 Å². The van der Waals surface area contributed by atoms with Gasteiger partial charge < -0.3 is 10.8 Å². The van der Waals surface area contributed by atoms with E-state index in [-0.39, 0.29) is 4.88 Å². The normalized spacial score (nSPS) is 17.1. The van der Waals surface area contributed by atoms with Crippen LogP contribution in [-0.4, -0.2) is 16.1 Å². The van der Waals surface area contributed by atoms with Crippen molar-refractivity contribution < 1.29 is 9.90 Å². The van der Waals surface area contributed by atoms with Crippen LogP contribution in [0.15, 0.2) is 36.4 Å². The molecule has 0 bridgehead atoms. The minimum atomic E-state index is -0.981. The van der Waals surface area contributed by atoms with Gasteiger partial charge in [0, 0.05) is 11.1 Å². The van der Waals surface area contributed by atoms with E-state index in [1.807, 2.05) is 12.1 Å². The number of anilines is 1. The van der Waals surface area contributed by atoms with Crippen LogP contribution in [0.4, 0.5) is 5.69 Å². The predicted molar refractivity (Wildman–Crippen MR) is 92.2 cm³/mol. The molecule has 116 valence electrons. The first-order chi connectivity index (χ1) is 11.1. The summed E-state index contributed by atoms with van der Waals surface area (Å²) < 4.78 is 0. The molecule has 0 amide bonds. The topological polar surface area (TPSA) is 76.2 Å². The molecular formula is C18H16N2O2S. The molecule has 0 spiro atoms. The molecule has 3 aromatic rings. The monoisotopic (exact) mass is 324 g/mol. The van der Waals surface area contributed by atoms with E-state index >= 15 is 0 Å². The Morgan fingerprint density at radius 3 is 2.83 bits per heavy atom. The van der Waals surface area contributed by atoms with E-state index in [4.69, 9.17) is 5.73 Å². The molecule has 1 aromatic carbocycles. The minimum Gasteiger partial charge on any atom is -0.477 e. The number of aromatic nitrogens is 1. The highest BCUT2D eigenvalue weighted by Gasteiger charge is 2.24. The number of thiophene rings is 1. The SMILES string of the molecule is Nc1c(C(=O)O)sc2nc3c(cc12)CC(c1ccccc1)CC3. The molecule has 0 fully saturated rings. The third kappa shape index (κ3) is 2.37. The fraction of sp³-hybridized carbons (Fsp3) is 0.222. The number of carboxylic acid groups (broad SMARTS) is 1. The lowest BCUT2D eigenvalue weighted by Crippen LogP contribution is -2.14. The van der Waals surface area contributed by atoms with Crippen LogP contribution < -0.4 is 5.73 Å². The molecule has 1 atom stereocenters. The van der Waals surface area contributed by atoms with E-state index in [9.17, 15) is 9.90 Å². The zero-order valence-electron chi connectivity index (χ0n) is 12.5. The summed E-state index contributed by atoms with van der Waals surface area (Å²) in [6.07, 6.45) is 2.92. The van der Waals surface area contributed by atoms with Gasteiger partial charge >= 0.3 is 5.97 Å². The third-order valence-electron chi connectivity index (χ3n) is 4.55. The number of aryl methyl sites for hydroxylation is 1. The van der Waals surface area contributed by atoms with Gasteiger partial charge in [0.1, 0.15) is 9.71 Å². The van der Waals surface area contributed by atoms with Crippen molar-refractivity contribution >= 4 is 33.2 Å². The number of rotatable bonds is 2. The number of nitrogen functional groups attached to an aromatic ring is 1. The van der Waals surface area contributed by atoms with E-state index < -0.39 is 5.97 Å². The van der Waals surface area contributed by atoms with Gasteiger partial charge in [0.2, 0.25) is 0 Å². The fourth-order valence-corrected chi connectivity index (χ4v) is 4.29. The van der Waals surface area contributed by atoms with Gasteiger partial charge in [-0.3, -0.25) is 0 Å². The van der Waals surface area contributed by atoms with Gasteiger partial charge in [-0.25, -0.2) is 9.78 Å². The highest BCUT2D eigenvalue weighted by atomic mass is 32.1. The van der Waals surface area contributed by atoms with Crippen molar-refractivity contribution in [2.75, 3.05) is 5.73 Å². The summed E-state index contributed by atoms with van der Waals surface area (Å²) in [5.41, 5.74) is 9.98. The minimum absolute atomic E-state index is 0.189. The first kappa shape index (κ1) is 14.2. The molecule has 0 saturated heterocycles. The standard InChI is InChI=1S/C18H16N2O2S/c19-15-13-9-12-8-11(10-4-2-1-3-5-10)6-7-14(12)20-17(13)23-16(15)18(21)22/h1-5,9,11H,6-8,19H2,(H,21,22). The smallest absolute Gasteiger partial charge is 0.348 e. The number of carboxylic acids is 1. The van der Waals surface area contributed by atoms with E-state index in [2.05, 4.69) is 29.2 Å². The van der Waals surface area contributed by atoms with Crippen LogP contribution in [0.25, 0.3) is 10.2 Å². The second kappa shape index (κ2) is 5.35. The number of hydrogen-bond donors (Lipinski definition) is 2. The number of carbonyl (C=O) groups is 1. The number of aromatic carboxylic acids is 1. The van der Waals surface area contributed by atoms with Gasteiger partial charge in [0.05, 0.1) is 5.69 Å². The van der Waals surface area contributed by atoms with Crippen molar-refractivity contribution in [1.29, 1.82) is 0 Å². The van der Waals surface area contributed by atoms with Gasteiger partial charge in [-0.15, -0.1) is 11.3 Å². The van der Waals surface area contributed by atoms with Crippen LogP contribution in [0.1, 0.15) is 38.8 Å². The molecule has 0 aliphatic heterocycles. The number of benzene rings is 1. The number of hydrogen-bond acceptors (Lipinski definition) is 4. The maximum Gasteiger partial charge on any atom is 0.348 e. The molecule has 4 nitrogen and oxygen atoms in total. The van der Waals surface area contributed by atoms with Crippen molar-refractivity contribution in [3.63, 3.8) is 0 Å². The van der Waals surface area contributed by atoms with Gasteiger partial charge in [-0.05, 0) is 42.4 Å². The summed E-state index contributed by atoms with van der Waals surface area (Å²) in [7, 11) is 0. The van der Waals surface area contributed by atoms with E-state index in [1.165, 1.54) is 22.5 Å². The molecule has 0 radical (unpaired) electrons. The maximum absolute atomic E-state index is 11.3. The zero-order valence-corrected chi connectivity index (χ0v) is 13.3. The Morgan fingerprint density at radius 2 is 2.09 bits per heavy atom. The van der Waals surface area contributed by atoms with Gasteiger partial charge in [-0.1, -0.05) is 30.3 Å². The largest absolute Gasteiger partial charge is 0.477 e. The van der Waals surface area contributed by atoms with Crippen LogP contribution in [0.5, 0.6) is 0 Å². The Morgan fingerprint density at radius 1 is 1.30 bits per heavy atom. The first-order valence-corrected chi connectivity index (χ1v) is 8.44. The highest BCUT2D eigenvalue weighted by molar-refractivity contribution is 7.21. The summed E-state index contributed by atoms with van der Waals surface area (Å²) in [6.45, 7) is 0. The number of pyridine rings is 1. The van der Waals surface area contributed by atoms with E-state index in [1.54, 1.807) is 0 Å². The highest BCUT2D eigenvalue weighted by Crippen LogP contribution is 2.38. The average molecular weight is 324 g/mol. The first-order valence-electron chi connectivity index (χ1n) is 7.62. The molecule has 3 N–H and O–H groups in total. The molecule has 1 unspecified atom stereocenters. The summed E-state index contributed by atoms with van der Waals surface area (Å²) in [5.74, 6) is -0.493. The van der Waals surface area contributed by atoms with Crippen molar-refractivity contribution in [1.82, 2.24) is 4.98 Å². The third-order valence-corrected chi connectivity index (χ3v) is 5.65. The lowest BCUT2D eigenvalue weighted by atomic mass is 9.82. The lowest BCUT2D eigenvalue weighted by molar-refractivity contribution is 0.0703. The lowest BCUT2D eigenvalue weighted by Gasteiger charge is -2.24. The van der Waals surface area contributed by atoms with Gasteiger partial charge in [0.25, 0.3) is 0 Å². The molecule has 1 aliphatic carbocycles. The summed E-state index contributed by atoms with van der Waals surface area (Å²) in [4.78, 5) is 16.9. The molecule has 0 saturated carbocycles. The van der Waals surface area contributed by atoms with Crippen LogP contribution >= 0.6 is 11.3 Å². The van der Waals surface area contributed by atoms with Crippen molar-refractivity contribution in [3.05, 3.63) is 58.1 Å². The Labute approximate surface area is 137 Å². The fourth-order valence-electron chi connectivity index (χ4n) is 3.36. The Bertz CT molecular complexity index is 902. The second-order valence-corrected chi connectivity index (χ2v) is 6.95. The van der Waals surface area contributed by atoms with Crippen LogP contribution in [0, 0.1) is 0 Å². The Hall–Kier alpha value is -2.40. The predicted octanol–water partition coefficient (Wildman–Crippen LogP) is 3.85. The van der Waals surface area contributed by atoms with Crippen LogP contribution in [-0.2, 0) is 12.8 Å². The van der Waals surface area contributed by atoms with Crippen LogP contribution in [0.2, 0.25) is 0 Å². The molecule has 4 rings (SSSR count). The van der Waals surface area contributed by atoms with E-state index in [0.29, 0.717) is 11.6 Å². The maximum atomic E-state index is 11.3. The molecular weight excluding hydrogens is 308 g/mol. The molecule has 1 aliphatic rings. The number of nitrogens with zero attached hydrogens (tertiary/aromatic N) is 1. The van der Waals surface area contributed by atoms with Crippen molar-refractivity contribution in [3.8, 4) is 0 Å². The Kier molecular flexibility index (Phi) is 3.31. The summed E-state index contributed by atoms with van der Waals surface area (Å²) >= 11 is 1.17. The molecule has 23 heavy (non-hydrogen) atoms. The quantitative estimate of drug-likeness (QED) is 0.750. The number of fused-ring (bicyclic) bond motifs is 2. The Balaban J connectivity index is 1.76. The molecule has 2 heterocycles. The zero-order chi connectivity index (χ0) is 16.0. The molecule has 2 aromatic heterocycles. The van der Waals surface area contributed by atoms with Crippen molar-refractivity contribution in [2.24, 2.45) is 0 Å². The summed E-state index contributed by atoms with van der Waals surface area (Å²) in [5, 5.41) is 10.0. The van der Waals surface area contributed by atoms with Crippen LogP contribution in [0.3, 0.4) is 0 Å². The van der Waals surface area contributed by atoms with E-state index in [0.717, 1.165) is 35.2 Å². The second-order valence-electron chi connectivity index (χ2n) is 5.95. The number of nitrogens with two attached hydrogens (primary N) is 1. The van der Waals surface area contributed by atoms with Gasteiger partial charge in [-0.2, -0.15) is 0 Å².